The van der Waals surface area contributed by atoms with Crippen LogP contribution in [0, 0.1) is 5.92 Å². The van der Waals surface area contributed by atoms with Crippen molar-refractivity contribution in [3.05, 3.63) is 59.7 Å². The highest BCUT2D eigenvalue weighted by Gasteiger charge is 2.37. The van der Waals surface area contributed by atoms with E-state index in [9.17, 15) is 14.4 Å². The van der Waals surface area contributed by atoms with Crippen molar-refractivity contribution < 1.29 is 29.0 Å². The molecule has 1 saturated carbocycles. The number of carbonyl (C=O) groups is 3. The third-order valence-corrected chi connectivity index (χ3v) is 5.56. The van der Waals surface area contributed by atoms with Crippen LogP contribution < -0.4 is 10.6 Å². The van der Waals surface area contributed by atoms with Crippen LogP contribution in [0.3, 0.4) is 0 Å². The van der Waals surface area contributed by atoms with Gasteiger partial charge in [-0.15, -0.1) is 0 Å². The maximum atomic E-state index is 12.1. The molecule has 8 heteroatoms. The lowest BCUT2D eigenvalue weighted by molar-refractivity contribution is -0.153. The third-order valence-electron chi connectivity index (χ3n) is 5.56. The quantitative estimate of drug-likeness (QED) is 0.533. The number of rotatable bonds is 9. The summed E-state index contributed by atoms with van der Waals surface area (Å²) >= 11 is 0. The maximum absolute atomic E-state index is 12.1. The first kappa shape index (κ1) is 20.9. The Morgan fingerprint density at radius 2 is 1.58 bits per heavy atom. The van der Waals surface area contributed by atoms with Gasteiger partial charge in [0.25, 0.3) is 0 Å². The highest BCUT2D eigenvalue weighted by Crippen LogP contribution is 2.44. The molecule has 1 fully saturated rings. The van der Waals surface area contributed by atoms with E-state index in [0.717, 1.165) is 35.1 Å². The Kier molecular flexibility index (Phi) is 6.18. The van der Waals surface area contributed by atoms with E-state index in [1.807, 2.05) is 36.4 Å². The summed E-state index contributed by atoms with van der Waals surface area (Å²) in [4.78, 5) is 35.0. The fraction of sp³-hybridized carbons (Fsp3) is 0.348. The van der Waals surface area contributed by atoms with Gasteiger partial charge in [0, 0.05) is 5.92 Å². The van der Waals surface area contributed by atoms with E-state index in [4.69, 9.17) is 14.6 Å². The second-order valence-corrected chi connectivity index (χ2v) is 7.69. The van der Waals surface area contributed by atoms with E-state index in [1.165, 1.54) is 0 Å². The van der Waals surface area contributed by atoms with E-state index in [-0.39, 0.29) is 31.7 Å². The topological polar surface area (TPSA) is 114 Å². The molecule has 0 saturated heterocycles. The summed E-state index contributed by atoms with van der Waals surface area (Å²) < 4.78 is 10.6. The fourth-order valence-electron chi connectivity index (χ4n) is 3.88. The van der Waals surface area contributed by atoms with Crippen LogP contribution in [0.4, 0.5) is 4.79 Å². The summed E-state index contributed by atoms with van der Waals surface area (Å²) in [5.41, 5.74) is 4.49. The van der Waals surface area contributed by atoms with Crippen molar-refractivity contribution in [2.45, 2.75) is 24.9 Å². The summed E-state index contributed by atoms with van der Waals surface area (Å²) in [7, 11) is 0. The number of alkyl carbamates (subject to hydrolysis) is 1. The first-order valence-electron chi connectivity index (χ1n) is 10.2. The van der Waals surface area contributed by atoms with Crippen molar-refractivity contribution in [2.24, 2.45) is 5.92 Å². The summed E-state index contributed by atoms with van der Waals surface area (Å²) in [6.45, 7) is -0.355. The molecule has 8 nitrogen and oxygen atoms in total. The van der Waals surface area contributed by atoms with Crippen molar-refractivity contribution in [2.75, 3.05) is 19.9 Å². The zero-order valence-corrected chi connectivity index (χ0v) is 16.9. The van der Waals surface area contributed by atoms with Gasteiger partial charge in [-0.1, -0.05) is 48.5 Å². The number of ether oxygens (including phenoxy) is 2. The second-order valence-electron chi connectivity index (χ2n) is 7.69. The lowest BCUT2D eigenvalue weighted by atomic mass is 9.98. The van der Waals surface area contributed by atoms with Crippen molar-refractivity contribution in [1.29, 1.82) is 0 Å². The zero-order valence-electron chi connectivity index (χ0n) is 16.9. The van der Waals surface area contributed by atoms with E-state index in [1.54, 1.807) is 0 Å². The molecule has 162 valence electrons. The molecule has 1 unspecified atom stereocenters. The molecule has 31 heavy (non-hydrogen) atoms. The van der Waals surface area contributed by atoms with Crippen LogP contribution in [0.1, 0.15) is 29.9 Å². The van der Waals surface area contributed by atoms with Crippen molar-refractivity contribution >= 4 is 18.0 Å². The maximum Gasteiger partial charge on any atom is 0.407 e. The van der Waals surface area contributed by atoms with Gasteiger partial charge in [-0.25, -0.2) is 9.59 Å². The average Bonchev–Trinajstić information content (AvgIpc) is 3.56. The lowest BCUT2D eigenvalue weighted by Crippen LogP contribution is -2.40. The number of benzene rings is 2. The van der Waals surface area contributed by atoms with Gasteiger partial charge in [0.05, 0.1) is 0 Å². The van der Waals surface area contributed by atoms with Crippen LogP contribution in [0.25, 0.3) is 11.1 Å². The van der Waals surface area contributed by atoms with Gasteiger partial charge in [0.15, 0.2) is 6.10 Å². The van der Waals surface area contributed by atoms with Crippen molar-refractivity contribution in [3.8, 4) is 11.1 Å². The predicted octanol–water partition coefficient (Wildman–Crippen LogP) is 2.48. The highest BCUT2D eigenvalue weighted by atomic mass is 16.5. The smallest absolute Gasteiger partial charge is 0.407 e. The molecule has 2 aliphatic carbocycles. The SMILES string of the molecule is O=C(CNC(=O)OCC1c2ccccc2-c2ccccc21)NCOC(C(=O)O)C1CC1. The Balaban J connectivity index is 1.22. The number of nitrogens with one attached hydrogen (secondary N) is 2. The molecule has 0 aromatic heterocycles. The van der Waals surface area contributed by atoms with Gasteiger partial charge in [-0.2, -0.15) is 0 Å². The summed E-state index contributed by atoms with van der Waals surface area (Å²) in [5.74, 6) is -1.58. The monoisotopic (exact) mass is 424 g/mol. The van der Waals surface area contributed by atoms with Gasteiger partial charge in [-0.05, 0) is 41.0 Å². The molecule has 4 rings (SSSR count). The van der Waals surface area contributed by atoms with Gasteiger partial charge >= 0.3 is 12.1 Å². The zero-order chi connectivity index (χ0) is 21.8. The fourth-order valence-corrected chi connectivity index (χ4v) is 3.88. The lowest BCUT2D eigenvalue weighted by Gasteiger charge is -2.15. The number of fused-ring (bicyclic) bond motifs is 3. The predicted molar refractivity (Wildman–Crippen MR) is 111 cm³/mol. The van der Waals surface area contributed by atoms with E-state index >= 15 is 0 Å². The number of amides is 2. The van der Waals surface area contributed by atoms with Gasteiger partial charge < -0.3 is 25.2 Å². The number of carbonyl (C=O) groups excluding carboxylic acids is 2. The molecule has 3 N–H and O–H groups in total. The first-order valence-corrected chi connectivity index (χ1v) is 10.2. The number of hydrogen-bond donors (Lipinski definition) is 3. The largest absolute Gasteiger partial charge is 0.479 e. The van der Waals surface area contributed by atoms with Crippen LogP contribution >= 0.6 is 0 Å². The number of carboxylic acids is 1. The van der Waals surface area contributed by atoms with Gasteiger partial charge in [-0.3, -0.25) is 4.79 Å². The van der Waals surface area contributed by atoms with E-state index in [0.29, 0.717) is 0 Å². The van der Waals surface area contributed by atoms with E-state index in [2.05, 4.69) is 22.8 Å². The van der Waals surface area contributed by atoms with Crippen LogP contribution in [0.2, 0.25) is 0 Å². The average molecular weight is 424 g/mol. The molecular weight excluding hydrogens is 400 g/mol. The normalized spacial score (nSPS) is 15.5. The summed E-state index contributed by atoms with van der Waals surface area (Å²) in [6, 6.07) is 16.1. The molecular formula is C23H24N2O6. The van der Waals surface area contributed by atoms with Crippen LogP contribution in [-0.2, 0) is 19.1 Å². The van der Waals surface area contributed by atoms with E-state index < -0.39 is 24.1 Å². The van der Waals surface area contributed by atoms with Gasteiger partial charge in [0.1, 0.15) is 19.9 Å². The van der Waals surface area contributed by atoms with Crippen molar-refractivity contribution in [3.63, 3.8) is 0 Å². The minimum absolute atomic E-state index is 0.00773. The molecule has 0 radical (unpaired) electrons. The highest BCUT2D eigenvalue weighted by molar-refractivity contribution is 5.82. The van der Waals surface area contributed by atoms with Crippen LogP contribution in [0.15, 0.2) is 48.5 Å². The Bertz CT molecular complexity index is 942. The molecule has 2 aliphatic rings. The first-order chi connectivity index (χ1) is 15.0. The standard InChI is InChI=1S/C23H24N2O6/c26-20(25-13-31-21(22(27)28)14-9-10-14)11-24-23(29)30-12-19-17-7-3-1-5-15(17)16-6-2-4-8-18(16)19/h1-8,14,19,21H,9-13H2,(H,24,29)(H,25,26)(H,27,28). The Hall–Kier alpha value is -3.39. The summed E-state index contributed by atoms with van der Waals surface area (Å²) in [5, 5.41) is 13.9. The number of hydrogen-bond acceptors (Lipinski definition) is 5. The van der Waals surface area contributed by atoms with Crippen LogP contribution in [0.5, 0.6) is 0 Å². The number of carboxylic acid groups (broad SMARTS) is 1. The minimum atomic E-state index is -1.03. The molecule has 1 atom stereocenters. The van der Waals surface area contributed by atoms with Crippen molar-refractivity contribution in [1.82, 2.24) is 10.6 Å². The third kappa shape index (κ3) is 4.86. The second kappa shape index (κ2) is 9.18. The molecule has 0 spiro atoms. The molecule has 2 aromatic rings. The molecule has 2 aromatic carbocycles. The van der Waals surface area contributed by atoms with Crippen LogP contribution in [-0.4, -0.2) is 49.1 Å². The molecule has 0 bridgehead atoms. The molecule has 0 aliphatic heterocycles. The van der Waals surface area contributed by atoms with Gasteiger partial charge in [0.2, 0.25) is 5.91 Å². The molecule has 2 amide bonds. The Morgan fingerprint density at radius 3 is 2.16 bits per heavy atom. The number of aliphatic carboxylic acids is 1. The molecule has 0 heterocycles. The summed E-state index contributed by atoms with van der Waals surface area (Å²) in [6.07, 6.45) is 0.0254. The Morgan fingerprint density at radius 1 is 0.968 bits per heavy atom. The Labute approximate surface area is 179 Å². The minimum Gasteiger partial charge on any atom is -0.479 e.